The van der Waals surface area contributed by atoms with Gasteiger partial charge in [0.1, 0.15) is 0 Å². The predicted octanol–water partition coefficient (Wildman–Crippen LogP) is 4.45. The second kappa shape index (κ2) is 6.25. The Bertz CT molecular complexity index is 895. The number of hydrogen-bond acceptors (Lipinski definition) is 3. The van der Waals surface area contributed by atoms with Gasteiger partial charge in [-0.3, -0.25) is 0 Å². The van der Waals surface area contributed by atoms with Gasteiger partial charge in [-0.2, -0.15) is 14.9 Å². The number of benzene rings is 2. The normalized spacial score (nSPS) is 11.2. The van der Waals surface area contributed by atoms with Crippen molar-refractivity contribution >= 4 is 30.0 Å². The molecule has 0 atom stereocenters. The number of halogens is 1. The monoisotopic (exact) mass is 328 g/mol. The van der Waals surface area contributed by atoms with Crippen LogP contribution in [0, 0.1) is 11.7 Å². The number of hydrogen-bond donors (Lipinski definition) is 1. The average molecular weight is 329 g/mol. The maximum absolute atomic E-state index is 6.04. The summed E-state index contributed by atoms with van der Waals surface area (Å²) in [7, 11) is 0. The smallest absolute Gasteiger partial charge is 0.216 e. The van der Waals surface area contributed by atoms with Crippen LogP contribution in [-0.4, -0.2) is 21.1 Å². The lowest BCUT2D eigenvalue weighted by molar-refractivity contribution is 0.871. The fourth-order valence-electron chi connectivity index (χ4n) is 2.06. The van der Waals surface area contributed by atoms with Crippen LogP contribution in [-0.2, 0) is 0 Å². The number of H-pyrrole nitrogens is 1. The molecule has 0 unspecified atom stereocenters. The lowest BCUT2D eigenvalue weighted by Gasteiger charge is -2.02. The summed E-state index contributed by atoms with van der Waals surface area (Å²) in [6.07, 6.45) is 1.77. The number of nitrogens with one attached hydrogen (secondary N) is 1. The number of aromatic amines is 1. The molecular formula is C16H13ClN4S. The molecule has 0 amide bonds. The van der Waals surface area contributed by atoms with E-state index in [1.165, 1.54) is 0 Å². The summed E-state index contributed by atoms with van der Waals surface area (Å²) in [4.78, 5) is 0. The lowest BCUT2D eigenvalue weighted by Crippen LogP contribution is -1.96. The third-order valence-corrected chi connectivity index (χ3v) is 3.73. The molecule has 0 fully saturated rings. The summed E-state index contributed by atoms with van der Waals surface area (Å²) < 4.78 is 2.02. The van der Waals surface area contributed by atoms with Crippen molar-refractivity contribution in [1.82, 2.24) is 14.9 Å². The highest BCUT2D eigenvalue weighted by Crippen LogP contribution is 2.21. The van der Waals surface area contributed by atoms with Crippen molar-refractivity contribution in [2.24, 2.45) is 5.10 Å². The van der Waals surface area contributed by atoms with E-state index in [1.54, 1.807) is 10.9 Å². The maximum Gasteiger partial charge on any atom is 0.216 e. The van der Waals surface area contributed by atoms with E-state index in [2.05, 4.69) is 15.3 Å². The number of aromatic nitrogens is 3. The molecule has 0 spiro atoms. The van der Waals surface area contributed by atoms with Crippen LogP contribution < -0.4 is 0 Å². The summed E-state index contributed by atoms with van der Waals surface area (Å²) in [6, 6.07) is 15.4. The Kier molecular flexibility index (Phi) is 4.18. The summed E-state index contributed by atoms with van der Waals surface area (Å²) in [6.45, 7) is 2.04. The topological polar surface area (TPSA) is 46.0 Å². The van der Waals surface area contributed by atoms with Crippen LogP contribution in [0.4, 0.5) is 0 Å². The second-order valence-electron chi connectivity index (χ2n) is 4.78. The molecule has 2 aromatic carbocycles. The van der Waals surface area contributed by atoms with Crippen LogP contribution in [0.2, 0.25) is 5.02 Å². The van der Waals surface area contributed by atoms with Gasteiger partial charge in [0.05, 0.1) is 6.21 Å². The van der Waals surface area contributed by atoms with Crippen LogP contribution in [0.25, 0.3) is 11.4 Å². The Balaban J connectivity index is 2.04. The van der Waals surface area contributed by atoms with Gasteiger partial charge in [0.25, 0.3) is 0 Å². The summed E-state index contributed by atoms with van der Waals surface area (Å²) >= 11 is 11.3. The molecule has 4 nitrogen and oxygen atoms in total. The van der Waals surface area contributed by atoms with E-state index in [0.29, 0.717) is 15.6 Å². The molecule has 3 rings (SSSR count). The Morgan fingerprint density at radius 2 is 2.05 bits per heavy atom. The summed E-state index contributed by atoms with van der Waals surface area (Å²) in [5.41, 5.74) is 3.02. The maximum atomic E-state index is 6.04. The minimum atomic E-state index is 0.430. The highest BCUT2D eigenvalue weighted by Gasteiger charge is 2.08. The Morgan fingerprint density at radius 1 is 1.23 bits per heavy atom. The summed E-state index contributed by atoms with van der Waals surface area (Å²) in [5, 5.41) is 12.1. The lowest BCUT2D eigenvalue weighted by atomic mass is 10.1. The minimum absolute atomic E-state index is 0.430. The first-order chi connectivity index (χ1) is 10.6. The number of nitrogens with zero attached hydrogens (tertiary/aromatic N) is 3. The molecule has 0 aliphatic carbocycles. The summed E-state index contributed by atoms with van der Waals surface area (Å²) in [5.74, 6) is 0.623. The molecule has 0 saturated heterocycles. The van der Waals surface area contributed by atoms with Gasteiger partial charge >= 0.3 is 0 Å². The molecule has 0 radical (unpaired) electrons. The van der Waals surface area contributed by atoms with Crippen molar-refractivity contribution in [3.63, 3.8) is 0 Å². The molecule has 0 saturated carbocycles. The first-order valence-electron chi connectivity index (χ1n) is 6.68. The number of rotatable bonds is 3. The fraction of sp³-hybridized carbons (Fsp3) is 0.0625. The second-order valence-corrected chi connectivity index (χ2v) is 5.60. The van der Waals surface area contributed by atoms with E-state index in [-0.39, 0.29) is 0 Å². The van der Waals surface area contributed by atoms with Crippen LogP contribution in [0.3, 0.4) is 0 Å². The molecular weight excluding hydrogens is 316 g/mol. The van der Waals surface area contributed by atoms with E-state index in [1.807, 2.05) is 55.5 Å². The van der Waals surface area contributed by atoms with Crippen molar-refractivity contribution in [3.8, 4) is 11.4 Å². The zero-order valence-corrected chi connectivity index (χ0v) is 13.4. The van der Waals surface area contributed by atoms with Crippen molar-refractivity contribution in [1.29, 1.82) is 0 Å². The molecule has 1 heterocycles. The van der Waals surface area contributed by atoms with E-state index in [9.17, 15) is 0 Å². The van der Waals surface area contributed by atoms with Gasteiger partial charge in [-0.1, -0.05) is 48.0 Å². The standard InChI is InChI=1S/C16H13ClN4S/c1-11-5-2-3-6-13(11)10-18-21-15(19-20-16(21)22)12-7-4-8-14(17)9-12/h2-10H,1H3,(H,20,22). The molecule has 3 aromatic rings. The molecule has 0 bridgehead atoms. The molecule has 0 aliphatic rings. The average Bonchev–Trinajstić information content (AvgIpc) is 2.87. The molecule has 22 heavy (non-hydrogen) atoms. The van der Waals surface area contributed by atoms with Gasteiger partial charge in [-0.05, 0) is 42.4 Å². The van der Waals surface area contributed by atoms with Crippen LogP contribution in [0.15, 0.2) is 53.6 Å². The SMILES string of the molecule is Cc1ccccc1C=Nn1c(-c2cccc(Cl)c2)n[nH]c1=S. The van der Waals surface area contributed by atoms with Crippen LogP contribution >= 0.6 is 23.8 Å². The quantitative estimate of drug-likeness (QED) is 0.570. The third-order valence-electron chi connectivity index (χ3n) is 3.23. The van der Waals surface area contributed by atoms with Gasteiger partial charge < -0.3 is 0 Å². The van der Waals surface area contributed by atoms with Crippen molar-refractivity contribution in [2.45, 2.75) is 6.92 Å². The zero-order chi connectivity index (χ0) is 15.5. The molecule has 0 aliphatic heterocycles. The minimum Gasteiger partial charge on any atom is -0.250 e. The highest BCUT2D eigenvalue weighted by molar-refractivity contribution is 7.71. The van der Waals surface area contributed by atoms with Crippen molar-refractivity contribution < 1.29 is 0 Å². The van der Waals surface area contributed by atoms with Crippen molar-refractivity contribution in [3.05, 3.63) is 69.5 Å². The van der Waals surface area contributed by atoms with E-state index >= 15 is 0 Å². The Labute approximate surface area is 138 Å². The third kappa shape index (κ3) is 3.00. The van der Waals surface area contributed by atoms with E-state index in [0.717, 1.165) is 16.7 Å². The van der Waals surface area contributed by atoms with Crippen LogP contribution in [0.5, 0.6) is 0 Å². The number of aryl methyl sites for hydroxylation is 1. The Morgan fingerprint density at radius 3 is 2.82 bits per heavy atom. The molecule has 1 aromatic heterocycles. The molecule has 110 valence electrons. The molecule has 6 heteroatoms. The fourth-order valence-corrected chi connectivity index (χ4v) is 2.43. The highest BCUT2D eigenvalue weighted by atomic mass is 35.5. The largest absolute Gasteiger partial charge is 0.250 e. The first kappa shape index (κ1) is 14.7. The first-order valence-corrected chi connectivity index (χ1v) is 7.47. The Hall–Kier alpha value is -2.24. The van der Waals surface area contributed by atoms with Gasteiger partial charge in [-0.15, -0.1) is 0 Å². The van der Waals surface area contributed by atoms with Crippen molar-refractivity contribution in [2.75, 3.05) is 0 Å². The molecule has 1 N–H and O–H groups in total. The van der Waals surface area contributed by atoms with E-state index in [4.69, 9.17) is 23.8 Å². The van der Waals surface area contributed by atoms with Gasteiger partial charge in [0.15, 0.2) is 5.82 Å². The van der Waals surface area contributed by atoms with Gasteiger partial charge in [0, 0.05) is 10.6 Å². The van der Waals surface area contributed by atoms with Gasteiger partial charge in [-0.25, -0.2) is 5.10 Å². The van der Waals surface area contributed by atoms with E-state index < -0.39 is 0 Å². The van der Waals surface area contributed by atoms with Crippen LogP contribution in [0.1, 0.15) is 11.1 Å². The van der Waals surface area contributed by atoms with Gasteiger partial charge in [0.2, 0.25) is 4.77 Å². The zero-order valence-electron chi connectivity index (χ0n) is 11.8. The predicted molar refractivity (Wildman–Crippen MR) is 92.0 cm³/mol.